The molecule has 0 spiro atoms. The van der Waals surface area contributed by atoms with Gasteiger partial charge in [-0.2, -0.15) is 0 Å². The summed E-state index contributed by atoms with van der Waals surface area (Å²) in [6, 6.07) is 9.80. The maximum atomic E-state index is 13.8. The number of aromatic nitrogens is 1. The Balaban J connectivity index is 1.41. The SMILES string of the molecule is CC(C)CC(NC(=O)N1CCC(C(=O)Nc2cccnc2)CC1)C(=O)NC(Cc1ccccc1)C(=O)NC(CC(C)C)C(=O)C1(C)CO1. The molecule has 2 aliphatic rings. The summed E-state index contributed by atoms with van der Waals surface area (Å²) >= 11 is 0. The molecule has 4 rings (SSSR count). The summed E-state index contributed by atoms with van der Waals surface area (Å²) < 4.78 is 5.38. The molecule has 48 heavy (non-hydrogen) atoms. The minimum Gasteiger partial charge on any atom is -0.361 e. The van der Waals surface area contributed by atoms with E-state index in [1.807, 2.05) is 58.0 Å². The van der Waals surface area contributed by atoms with Crippen LogP contribution in [0.15, 0.2) is 54.9 Å². The van der Waals surface area contributed by atoms with Gasteiger partial charge in [-0.15, -0.1) is 0 Å². The number of carbonyl (C=O) groups is 5. The minimum atomic E-state index is -0.990. The highest BCUT2D eigenvalue weighted by Crippen LogP contribution is 2.30. The maximum Gasteiger partial charge on any atom is 0.318 e. The van der Waals surface area contributed by atoms with Crippen LogP contribution in [-0.2, 0) is 30.3 Å². The van der Waals surface area contributed by atoms with E-state index in [9.17, 15) is 24.0 Å². The number of hydrogen-bond donors (Lipinski definition) is 4. The van der Waals surface area contributed by atoms with Crippen molar-refractivity contribution >= 4 is 35.2 Å². The van der Waals surface area contributed by atoms with Gasteiger partial charge in [0, 0.05) is 31.6 Å². The van der Waals surface area contributed by atoms with Crippen LogP contribution in [-0.4, -0.2) is 82.8 Å². The molecular formula is C36H50N6O6. The smallest absolute Gasteiger partial charge is 0.318 e. The number of nitrogens with zero attached hydrogens (tertiary/aromatic N) is 2. The van der Waals surface area contributed by atoms with Crippen molar-refractivity contribution in [3.05, 3.63) is 60.4 Å². The third-order valence-electron chi connectivity index (χ3n) is 8.76. The van der Waals surface area contributed by atoms with E-state index in [0.717, 1.165) is 5.56 Å². The third-order valence-corrected chi connectivity index (χ3v) is 8.76. The molecular weight excluding hydrogens is 612 g/mol. The quantitative estimate of drug-likeness (QED) is 0.212. The number of amides is 5. The Morgan fingerprint density at radius 1 is 0.854 bits per heavy atom. The molecule has 0 aliphatic carbocycles. The molecule has 260 valence electrons. The Morgan fingerprint density at radius 2 is 1.46 bits per heavy atom. The van der Waals surface area contributed by atoms with Crippen LogP contribution < -0.4 is 21.3 Å². The number of benzene rings is 1. The Hall–Kier alpha value is -4.32. The van der Waals surface area contributed by atoms with E-state index in [-0.39, 0.29) is 35.9 Å². The summed E-state index contributed by atoms with van der Waals surface area (Å²) in [7, 11) is 0. The van der Waals surface area contributed by atoms with Gasteiger partial charge in [0.05, 0.1) is 24.5 Å². The second kappa shape index (κ2) is 16.7. The van der Waals surface area contributed by atoms with Gasteiger partial charge in [-0.25, -0.2) is 4.79 Å². The zero-order chi connectivity index (χ0) is 34.8. The number of ether oxygens (including phenoxy) is 1. The topological polar surface area (TPSA) is 162 Å². The van der Waals surface area contributed by atoms with Crippen molar-refractivity contribution in [3.8, 4) is 0 Å². The van der Waals surface area contributed by atoms with Crippen LogP contribution in [0.5, 0.6) is 0 Å². The third kappa shape index (κ3) is 10.6. The summed E-state index contributed by atoms with van der Waals surface area (Å²) in [6.45, 7) is 10.6. The second-order valence-electron chi connectivity index (χ2n) is 13.9. The number of urea groups is 1. The predicted molar refractivity (Wildman–Crippen MR) is 182 cm³/mol. The number of piperidine rings is 1. The van der Waals surface area contributed by atoms with Crippen molar-refractivity contribution in [1.29, 1.82) is 0 Å². The Bertz CT molecular complexity index is 1410. The maximum absolute atomic E-state index is 13.8. The summed E-state index contributed by atoms with van der Waals surface area (Å²) in [5, 5.41) is 11.6. The molecule has 12 nitrogen and oxygen atoms in total. The summed E-state index contributed by atoms with van der Waals surface area (Å²) in [5.41, 5.74) is 0.551. The molecule has 0 bridgehead atoms. The Labute approximate surface area is 283 Å². The first-order valence-electron chi connectivity index (χ1n) is 16.9. The van der Waals surface area contributed by atoms with Crippen LogP contribution >= 0.6 is 0 Å². The number of anilines is 1. The highest BCUT2D eigenvalue weighted by atomic mass is 16.6. The van der Waals surface area contributed by atoms with Gasteiger partial charge in [-0.3, -0.25) is 24.2 Å². The van der Waals surface area contributed by atoms with Crippen LogP contribution in [0.4, 0.5) is 10.5 Å². The van der Waals surface area contributed by atoms with Gasteiger partial charge in [0.15, 0.2) is 5.78 Å². The number of epoxide rings is 1. The van der Waals surface area contributed by atoms with E-state index in [1.54, 1.807) is 36.4 Å². The molecule has 2 saturated heterocycles. The van der Waals surface area contributed by atoms with Crippen molar-refractivity contribution in [2.45, 2.75) is 90.4 Å². The molecule has 2 aliphatic heterocycles. The first kappa shape index (κ1) is 36.5. The number of pyridine rings is 1. The zero-order valence-corrected chi connectivity index (χ0v) is 28.7. The highest BCUT2D eigenvalue weighted by molar-refractivity contribution is 5.98. The van der Waals surface area contributed by atoms with Crippen molar-refractivity contribution < 1.29 is 28.7 Å². The van der Waals surface area contributed by atoms with Gasteiger partial charge in [0.2, 0.25) is 17.7 Å². The minimum absolute atomic E-state index is 0.0664. The predicted octanol–water partition coefficient (Wildman–Crippen LogP) is 3.47. The van der Waals surface area contributed by atoms with Crippen LogP contribution in [0.3, 0.4) is 0 Å². The molecule has 5 amide bonds. The molecule has 1 aromatic heterocycles. The van der Waals surface area contributed by atoms with Crippen molar-refractivity contribution in [3.63, 3.8) is 0 Å². The van der Waals surface area contributed by atoms with E-state index in [0.29, 0.717) is 51.1 Å². The summed E-state index contributed by atoms with van der Waals surface area (Å²) in [6.07, 6.45) is 5.18. The zero-order valence-electron chi connectivity index (χ0n) is 28.7. The number of hydrogen-bond acceptors (Lipinski definition) is 7. The van der Waals surface area contributed by atoms with Gasteiger partial charge in [0.1, 0.15) is 17.7 Å². The van der Waals surface area contributed by atoms with Gasteiger partial charge in [-0.05, 0) is 62.1 Å². The van der Waals surface area contributed by atoms with Crippen molar-refractivity contribution in [2.24, 2.45) is 17.8 Å². The van der Waals surface area contributed by atoms with Crippen LogP contribution in [0, 0.1) is 17.8 Å². The molecule has 0 saturated carbocycles. The number of nitrogens with one attached hydrogen (secondary N) is 4. The van der Waals surface area contributed by atoms with E-state index in [2.05, 4.69) is 26.3 Å². The number of Topliss-reactive ketones (excluding diaryl/α,β-unsaturated/α-hetero) is 1. The molecule has 3 heterocycles. The molecule has 2 fully saturated rings. The molecule has 4 atom stereocenters. The fraction of sp³-hybridized carbons (Fsp3) is 0.556. The van der Waals surface area contributed by atoms with Crippen molar-refractivity contribution in [1.82, 2.24) is 25.8 Å². The largest absolute Gasteiger partial charge is 0.361 e. The summed E-state index contributed by atoms with van der Waals surface area (Å²) in [5.74, 6) is -1.30. The second-order valence-corrected chi connectivity index (χ2v) is 13.9. The van der Waals surface area contributed by atoms with E-state index >= 15 is 0 Å². The molecule has 12 heteroatoms. The number of rotatable bonds is 15. The number of ketones is 1. The monoisotopic (exact) mass is 662 g/mol. The van der Waals surface area contributed by atoms with Crippen LogP contribution in [0.25, 0.3) is 0 Å². The fourth-order valence-electron chi connectivity index (χ4n) is 5.89. The molecule has 4 unspecified atom stereocenters. The Morgan fingerprint density at radius 3 is 2.04 bits per heavy atom. The van der Waals surface area contributed by atoms with Gasteiger partial charge >= 0.3 is 6.03 Å². The van der Waals surface area contributed by atoms with Crippen molar-refractivity contribution in [2.75, 3.05) is 25.0 Å². The highest BCUT2D eigenvalue weighted by Gasteiger charge is 2.50. The standard InChI is InChI=1S/C36H50N6O6/c1-23(2)18-28(31(43)36(5)22-48-36)39-34(46)30(20-25-10-7-6-8-11-25)40-33(45)29(19-24(3)4)41-35(47)42-16-13-26(14-17-42)32(44)38-27-12-9-15-37-21-27/h6-12,15,21,23-24,26,28-30H,13-14,16-20,22H2,1-5H3,(H,38,44)(H,39,46)(H,40,45)(H,41,47). The lowest BCUT2D eigenvalue weighted by Gasteiger charge is -2.33. The summed E-state index contributed by atoms with van der Waals surface area (Å²) in [4.78, 5) is 72.6. The molecule has 4 N–H and O–H groups in total. The Kier molecular flexibility index (Phi) is 12.7. The van der Waals surface area contributed by atoms with Gasteiger partial charge in [0.25, 0.3) is 0 Å². The van der Waals surface area contributed by atoms with Gasteiger partial charge < -0.3 is 30.9 Å². The van der Waals surface area contributed by atoms with E-state index in [4.69, 9.17) is 4.74 Å². The lowest BCUT2D eigenvalue weighted by atomic mass is 9.93. The molecule has 1 aromatic carbocycles. The average Bonchev–Trinajstić information content (AvgIpc) is 3.82. The normalized spacial score (nSPS) is 19.6. The lowest BCUT2D eigenvalue weighted by molar-refractivity contribution is -0.133. The van der Waals surface area contributed by atoms with Crippen LogP contribution in [0.2, 0.25) is 0 Å². The number of carbonyl (C=O) groups excluding carboxylic acids is 5. The number of likely N-dealkylation sites (tertiary alicyclic amines) is 1. The molecule has 2 aromatic rings. The molecule has 0 radical (unpaired) electrons. The fourth-order valence-corrected chi connectivity index (χ4v) is 5.89. The first-order chi connectivity index (χ1) is 22.8. The van der Waals surface area contributed by atoms with E-state index in [1.165, 1.54) is 0 Å². The van der Waals surface area contributed by atoms with Crippen LogP contribution in [0.1, 0.15) is 65.9 Å². The average molecular weight is 663 g/mol. The first-order valence-corrected chi connectivity index (χ1v) is 16.9. The lowest BCUT2D eigenvalue weighted by Crippen LogP contribution is -2.58. The van der Waals surface area contributed by atoms with Gasteiger partial charge in [-0.1, -0.05) is 58.0 Å². The van der Waals surface area contributed by atoms with E-state index < -0.39 is 41.6 Å².